The van der Waals surface area contributed by atoms with E-state index in [9.17, 15) is 4.79 Å². The van der Waals surface area contributed by atoms with E-state index < -0.39 is 5.97 Å². The van der Waals surface area contributed by atoms with Crippen molar-refractivity contribution in [3.8, 4) is 6.07 Å². The monoisotopic (exact) mass is 243 g/mol. The van der Waals surface area contributed by atoms with Crippen LogP contribution in [-0.4, -0.2) is 12.6 Å². The summed E-state index contributed by atoms with van der Waals surface area (Å²) < 4.78 is 5.00. The van der Waals surface area contributed by atoms with Gasteiger partial charge in [0.2, 0.25) is 0 Å². The zero-order chi connectivity index (χ0) is 13.4. The van der Waals surface area contributed by atoms with Crippen LogP contribution in [0.1, 0.15) is 30.9 Å². The van der Waals surface area contributed by atoms with E-state index in [1.165, 1.54) is 0 Å². The summed E-state index contributed by atoms with van der Waals surface area (Å²) in [6.45, 7) is 4.36. The quantitative estimate of drug-likeness (QED) is 0.345. The maximum absolute atomic E-state index is 11.6. The lowest BCUT2D eigenvalue weighted by Gasteiger charge is -2.02. The average Bonchev–Trinajstić information content (AvgIpc) is 2.38. The van der Waals surface area contributed by atoms with Gasteiger partial charge in [-0.3, -0.25) is 0 Å². The van der Waals surface area contributed by atoms with E-state index in [0.717, 1.165) is 24.0 Å². The Hall–Kier alpha value is -2.08. The molecule has 1 rings (SSSR count). The highest BCUT2D eigenvalue weighted by Crippen LogP contribution is 2.09. The van der Waals surface area contributed by atoms with Crippen LogP contribution in [0.25, 0.3) is 6.08 Å². The highest BCUT2D eigenvalue weighted by Gasteiger charge is 2.09. The Morgan fingerprint density at radius 3 is 2.61 bits per heavy atom. The van der Waals surface area contributed by atoms with Crippen molar-refractivity contribution < 1.29 is 9.53 Å². The van der Waals surface area contributed by atoms with Crippen molar-refractivity contribution in [2.75, 3.05) is 6.61 Å². The number of nitriles is 1. The molecule has 1 aromatic carbocycles. The van der Waals surface area contributed by atoms with Gasteiger partial charge in [-0.05, 0) is 25.0 Å². The number of hydrogen-bond donors (Lipinski definition) is 0. The number of aryl methyl sites for hydroxylation is 1. The van der Waals surface area contributed by atoms with Crippen LogP contribution in [0.5, 0.6) is 0 Å². The molecule has 0 N–H and O–H groups in total. The summed E-state index contributed by atoms with van der Waals surface area (Å²) >= 11 is 0. The molecule has 3 nitrogen and oxygen atoms in total. The van der Waals surface area contributed by atoms with Crippen molar-refractivity contribution in [3.63, 3.8) is 0 Å². The molecule has 0 fully saturated rings. The van der Waals surface area contributed by atoms with E-state index in [4.69, 9.17) is 10.00 Å². The highest BCUT2D eigenvalue weighted by atomic mass is 16.5. The van der Waals surface area contributed by atoms with Crippen LogP contribution >= 0.6 is 0 Å². The maximum atomic E-state index is 11.6. The first-order valence-electron chi connectivity index (χ1n) is 6.03. The largest absolute Gasteiger partial charge is 0.462 e. The van der Waals surface area contributed by atoms with Crippen molar-refractivity contribution in [3.05, 3.63) is 41.0 Å². The summed E-state index contributed by atoms with van der Waals surface area (Å²) in [7, 11) is 0. The molecule has 0 heterocycles. The third-order valence-corrected chi connectivity index (χ3v) is 2.46. The molecule has 18 heavy (non-hydrogen) atoms. The van der Waals surface area contributed by atoms with E-state index in [1.54, 1.807) is 6.08 Å². The predicted molar refractivity (Wildman–Crippen MR) is 70.6 cm³/mol. The Morgan fingerprint density at radius 1 is 1.39 bits per heavy atom. The molecule has 0 amide bonds. The molecule has 0 bridgehead atoms. The Balaban J connectivity index is 2.74. The van der Waals surface area contributed by atoms with Gasteiger partial charge in [0, 0.05) is 0 Å². The SMILES string of the molecule is CCCCOC(=O)/C(C#N)=C\c1ccc(C)cc1. The number of hydrogen-bond acceptors (Lipinski definition) is 3. The molecule has 0 saturated carbocycles. The standard InChI is InChI=1S/C15H17NO2/c1-3-4-9-18-15(17)14(11-16)10-13-7-5-12(2)6-8-13/h5-8,10H,3-4,9H2,1-2H3/b14-10-. The normalized spacial score (nSPS) is 10.8. The second-order valence-corrected chi connectivity index (χ2v) is 4.07. The molecule has 0 spiro atoms. The van der Waals surface area contributed by atoms with Crippen LogP contribution in [0.15, 0.2) is 29.8 Å². The number of carbonyl (C=O) groups is 1. The van der Waals surface area contributed by atoms with Crippen LogP contribution in [0.3, 0.4) is 0 Å². The number of ether oxygens (including phenoxy) is 1. The summed E-state index contributed by atoms with van der Waals surface area (Å²) in [6, 6.07) is 9.48. The maximum Gasteiger partial charge on any atom is 0.348 e. The highest BCUT2D eigenvalue weighted by molar-refractivity contribution is 5.97. The molecular weight excluding hydrogens is 226 g/mol. The van der Waals surface area contributed by atoms with Crippen LogP contribution in [0, 0.1) is 18.3 Å². The first-order valence-corrected chi connectivity index (χ1v) is 6.03. The number of esters is 1. The number of unbranched alkanes of at least 4 members (excludes halogenated alkanes) is 1. The number of benzene rings is 1. The topological polar surface area (TPSA) is 50.1 Å². The Bertz CT molecular complexity index is 466. The summed E-state index contributed by atoms with van der Waals surface area (Å²) in [4.78, 5) is 11.6. The zero-order valence-corrected chi connectivity index (χ0v) is 10.8. The lowest BCUT2D eigenvalue weighted by Crippen LogP contribution is -2.07. The first kappa shape index (κ1) is 14.0. The molecule has 0 unspecified atom stereocenters. The van der Waals surface area contributed by atoms with Crippen LogP contribution in [-0.2, 0) is 9.53 Å². The number of carbonyl (C=O) groups excluding carboxylic acids is 1. The van der Waals surface area contributed by atoms with E-state index in [-0.39, 0.29) is 5.57 Å². The van der Waals surface area contributed by atoms with Crippen molar-refractivity contribution >= 4 is 12.0 Å². The summed E-state index contributed by atoms with van der Waals surface area (Å²) in [5.41, 5.74) is 2.00. The molecular formula is C15H17NO2. The smallest absolute Gasteiger partial charge is 0.348 e. The predicted octanol–water partition coefficient (Wildman–Crippen LogP) is 3.25. The molecule has 0 aliphatic heterocycles. The van der Waals surface area contributed by atoms with E-state index in [2.05, 4.69) is 0 Å². The Labute approximate surface area is 108 Å². The van der Waals surface area contributed by atoms with Gasteiger partial charge >= 0.3 is 5.97 Å². The lowest BCUT2D eigenvalue weighted by atomic mass is 10.1. The van der Waals surface area contributed by atoms with E-state index in [0.29, 0.717) is 6.61 Å². The zero-order valence-electron chi connectivity index (χ0n) is 10.8. The molecule has 0 aliphatic carbocycles. The second kappa shape index (κ2) is 7.29. The third-order valence-electron chi connectivity index (χ3n) is 2.46. The third kappa shape index (κ3) is 4.42. The van der Waals surface area contributed by atoms with Gasteiger partial charge in [-0.25, -0.2) is 4.79 Å². The molecule has 0 atom stereocenters. The van der Waals surface area contributed by atoms with Gasteiger partial charge < -0.3 is 4.74 Å². The average molecular weight is 243 g/mol. The van der Waals surface area contributed by atoms with E-state index in [1.807, 2.05) is 44.2 Å². The molecule has 0 aromatic heterocycles. The minimum absolute atomic E-state index is 0.0370. The van der Waals surface area contributed by atoms with Gasteiger partial charge in [0.1, 0.15) is 11.6 Å². The first-order chi connectivity index (χ1) is 8.67. The fourth-order valence-corrected chi connectivity index (χ4v) is 1.35. The van der Waals surface area contributed by atoms with Crippen molar-refractivity contribution in [1.29, 1.82) is 5.26 Å². The number of rotatable bonds is 5. The summed E-state index contributed by atoms with van der Waals surface area (Å²) in [6.07, 6.45) is 3.32. The molecule has 3 heteroatoms. The van der Waals surface area contributed by atoms with Crippen molar-refractivity contribution in [2.45, 2.75) is 26.7 Å². The second-order valence-electron chi connectivity index (χ2n) is 4.07. The van der Waals surface area contributed by atoms with Crippen LogP contribution in [0.2, 0.25) is 0 Å². The fraction of sp³-hybridized carbons (Fsp3) is 0.333. The molecule has 94 valence electrons. The van der Waals surface area contributed by atoms with Gasteiger partial charge in [0.25, 0.3) is 0 Å². The molecule has 0 saturated heterocycles. The fourth-order valence-electron chi connectivity index (χ4n) is 1.35. The Morgan fingerprint density at radius 2 is 2.06 bits per heavy atom. The minimum Gasteiger partial charge on any atom is -0.462 e. The van der Waals surface area contributed by atoms with Gasteiger partial charge in [-0.15, -0.1) is 0 Å². The molecule has 0 radical (unpaired) electrons. The van der Waals surface area contributed by atoms with Crippen molar-refractivity contribution in [2.24, 2.45) is 0 Å². The lowest BCUT2D eigenvalue weighted by molar-refractivity contribution is -0.138. The van der Waals surface area contributed by atoms with Crippen LogP contribution < -0.4 is 0 Å². The van der Waals surface area contributed by atoms with Gasteiger partial charge in [0.15, 0.2) is 0 Å². The van der Waals surface area contributed by atoms with E-state index >= 15 is 0 Å². The number of nitrogens with zero attached hydrogens (tertiary/aromatic N) is 1. The summed E-state index contributed by atoms with van der Waals surface area (Å²) in [5, 5.41) is 8.95. The van der Waals surface area contributed by atoms with Gasteiger partial charge in [-0.1, -0.05) is 43.2 Å². The van der Waals surface area contributed by atoms with Crippen LogP contribution in [0.4, 0.5) is 0 Å². The Kier molecular flexibility index (Phi) is 5.66. The molecule has 1 aromatic rings. The van der Waals surface area contributed by atoms with Gasteiger partial charge in [0.05, 0.1) is 6.61 Å². The molecule has 0 aliphatic rings. The van der Waals surface area contributed by atoms with Gasteiger partial charge in [-0.2, -0.15) is 5.26 Å². The van der Waals surface area contributed by atoms with Crippen molar-refractivity contribution in [1.82, 2.24) is 0 Å². The minimum atomic E-state index is -0.550. The summed E-state index contributed by atoms with van der Waals surface area (Å²) in [5.74, 6) is -0.550.